The Morgan fingerprint density at radius 3 is 2.35 bits per heavy atom. The summed E-state index contributed by atoms with van der Waals surface area (Å²) in [7, 11) is 2.19. The van der Waals surface area contributed by atoms with Gasteiger partial charge in [0.1, 0.15) is 0 Å². The predicted molar refractivity (Wildman–Crippen MR) is 189 cm³/mol. The van der Waals surface area contributed by atoms with Crippen molar-refractivity contribution in [3.05, 3.63) is 63.7 Å². The van der Waals surface area contributed by atoms with Crippen molar-refractivity contribution >= 4 is 35.3 Å². The number of rotatable bonds is 6. The zero-order valence-electron chi connectivity index (χ0n) is 28.8. The zero-order chi connectivity index (χ0) is 33.8. The fourth-order valence-electron chi connectivity index (χ4n) is 7.78. The average molecular weight is 679 g/mol. The molecule has 4 heterocycles. The number of urea groups is 1. The van der Waals surface area contributed by atoms with Gasteiger partial charge in [0.15, 0.2) is 6.10 Å². The van der Waals surface area contributed by atoms with Crippen LogP contribution in [-0.2, 0) is 22.4 Å². The van der Waals surface area contributed by atoms with Gasteiger partial charge in [-0.15, -0.1) is 0 Å². The van der Waals surface area contributed by atoms with Gasteiger partial charge in [0.05, 0.1) is 0 Å². The summed E-state index contributed by atoms with van der Waals surface area (Å²) in [6, 6.07) is 12.3. The number of nitrogens with one attached hydrogen (secondary N) is 1. The third kappa shape index (κ3) is 8.09. The molecule has 4 aliphatic rings. The van der Waals surface area contributed by atoms with Crippen molar-refractivity contribution in [1.82, 2.24) is 24.5 Å². The number of amides is 4. The summed E-state index contributed by atoms with van der Waals surface area (Å²) in [5.74, 6) is -0.137. The second-order valence-corrected chi connectivity index (χ2v) is 14.5. The number of anilines is 1. The summed E-state index contributed by atoms with van der Waals surface area (Å²) < 4.78 is 6.10. The van der Waals surface area contributed by atoms with Crippen molar-refractivity contribution in [2.24, 2.45) is 0 Å². The predicted octanol–water partition coefficient (Wildman–Crippen LogP) is 5.19. The number of halogens is 1. The molecule has 0 saturated carbocycles. The maximum absolute atomic E-state index is 14.1. The number of hydrogen-bond donors (Lipinski definition) is 1. The molecular formula is C37H51ClN6O4. The van der Waals surface area contributed by atoms with Crippen LogP contribution >= 0.6 is 11.6 Å². The smallest absolute Gasteiger partial charge is 0.410 e. The lowest BCUT2D eigenvalue weighted by molar-refractivity contribution is -0.142. The SMILES string of the molecule is Cc1cc(C[C@@H](OC(=O)N2CCC(N3CCc4ccccc4NC3=O)CC2)C(=O)N2CCC(N3CCCN(C)CC3)CC2)cc(Cl)c1C. The van der Waals surface area contributed by atoms with E-state index >= 15 is 0 Å². The number of hydrogen-bond acceptors (Lipinski definition) is 6. The van der Waals surface area contributed by atoms with Gasteiger partial charge >= 0.3 is 12.1 Å². The number of carbonyl (C=O) groups excluding carboxylic acids is 3. The van der Waals surface area contributed by atoms with E-state index < -0.39 is 12.2 Å². The van der Waals surface area contributed by atoms with E-state index in [2.05, 4.69) is 28.2 Å². The van der Waals surface area contributed by atoms with E-state index in [4.69, 9.17) is 16.3 Å². The van der Waals surface area contributed by atoms with Crippen LogP contribution in [0.1, 0.15) is 54.4 Å². The first-order valence-corrected chi connectivity index (χ1v) is 18.1. The number of piperidine rings is 2. The highest BCUT2D eigenvalue weighted by atomic mass is 35.5. The van der Waals surface area contributed by atoms with E-state index in [1.54, 1.807) is 4.90 Å². The molecule has 1 atom stereocenters. The third-order valence-corrected chi connectivity index (χ3v) is 11.3. The summed E-state index contributed by atoms with van der Waals surface area (Å²) in [6.07, 6.45) is 3.98. The number of carbonyl (C=O) groups is 3. The molecule has 260 valence electrons. The summed E-state index contributed by atoms with van der Waals surface area (Å²) in [5, 5.41) is 3.71. The van der Waals surface area contributed by atoms with Crippen molar-refractivity contribution < 1.29 is 19.1 Å². The monoisotopic (exact) mass is 678 g/mol. The molecule has 4 aliphatic heterocycles. The van der Waals surface area contributed by atoms with Crippen LogP contribution in [0, 0.1) is 13.8 Å². The first-order chi connectivity index (χ1) is 23.2. The highest BCUT2D eigenvalue weighted by Crippen LogP contribution is 2.27. The van der Waals surface area contributed by atoms with Crippen LogP contribution in [0.3, 0.4) is 0 Å². The lowest BCUT2D eigenvalue weighted by Gasteiger charge is -2.40. The highest BCUT2D eigenvalue weighted by Gasteiger charge is 2.36. The van der Waals surface area contributed by atoms with Gasteiger partial charge in [-0.2, -0.15) is 0 Å². The Balaban J connectivity index is 1.08. The normalized spacial score (nSPS) is 21.2. The molecule has 0 radical (unpaired) electrons. The van der Waals surface area contributed by atoms with Crippen LogP contribution in [0.25, 0.3) is 0 Å². The second kappa shape index (κ2) is 15.5. The van der Waals surface area contributed by atoms with Crippen molar-refractivity contribution in [1.29, 1.82) is 0 Å². The van der Waals surface area contributed by atoms with E-state index in [0.29, 0.717) is 56.6 Å². The van der Waals surface area contributed by atoms with Crippen LogP contribution in [-0.4, -0.2) is 127 Å². The van der Waals surface area contributed by atoms with Gasteiger partial charge in [-0.1, -0.05) is 35.9 Å². The molecule has 10 nitrogen and oxygen atoms in total. The van der Waals surface area contributed by atoms with Gasteiger partial charge in [-0.25, -0.2) is 9.59 Å². The largest absolute Gasteiger partial charge is 0.436 e. The molecule has 6 rings (SSSR count). The molecule has 0 unspecified atom stereocenters. The summed E-state index contributed by atoms with van der Waals surface area (Å²) >= 11 is 6.54. The molecule has 11 heteroatoms. The topological polar surface area (TPSA) is 88.7 Å². The van der Waals surface area contributed by atoms with E-state index in [0.717, 1.165) is 73.4 Å². The van der Waals surface area contributed by atoms with Crippen LogP contribution in [0.15, 0.2) is 36.4 Å². The van der Waals surface area contributed by atoms with Gasteiger partial charge in [-0.3, -0.25) is 9.69 Å². The minimum absolute atomic E-state index is 0.0318. The molecule has 0 bridgehead atoms. The van der Waals surface area contributed by atoms with Crippen LogP contribution in [0.4, 0.5) is 15.3 Å². The number of para-hydroxylation sites is 1. The molecule has 3 saturated heterocycles. The summed E-state index contributed by atoms with van der Waals surface area (Å²) in [5.41, 5.74) is 4.93. The lowest BCUT2D eigenvalue weighted by atomic mass is 9.99. The number of benzene rings is 2. The van der Waals surface area contributed by atoms with Gasteiger partial charge in [0.25, 0.3) is 5.91 Å². The Bertz CT molecular complexity index is 1450. The van der Waals surface area contributed by atoms with E-state index in [1.807, 2.05) is 54.0 Å². The first kappa shape index (κ1) is 34.5. The van der Waals surface area contributed by atoms with Crippen molar-refractivity contribution in [2.75, 3.05) is 71.3 Å². The Labute approximate surface area is 290 Å². The van der Waals surface area contributed by atoms with Crippen molar-refractivity contribution in [2.45, 2.75) is 77.0 Å². The maximum Gasteiger partial charge on any atom is 0.410 e. The van der Waals surface area contributed by atoms with Gasteiger partial charge in [0, 0.05) is 75.0 Å². The van der Waals surface area contributed by atoms with Gasteiger partial charge in [-0.05, 0) is 107 Å². The Morgan fingerprint density at radius 1 is 0.896 bits per heavy atom. The molecule has 4 amide bonds. The molecule has 48 heavy (non-hydrogen) atoms. The Hall–Kier alpha value is -3.34. The number of ether oxygens (including phenoxy) is 1. The molecule has 1 N–H and O–H groups in total. The Morgan fingerprint density at radius 2 is 1.60 bits per heavy atom. The minimum atomic E-state index is -0.938. The van der Waals surface area contributed by atoms with Gasteiger partial charge in [0.2, 0.25) is 0 Å². The van der Waals surface area contributed by atoms with E-state index in [1.165, 1.54) is 6.42 Å². The highest BCUT2D eigenvalue weighted by molar-refractivity contribution is 6.31. The fraction of sp³-hybridized carbons (Fsp3) is 0.595. The maximum atomic E-state index is 14.1. The molecule has 0 aromatic heterocycles. The lowest BCUT2D eigenvalue weighted by Crippen LogP contribution is -2.52. The average Bonchev–Trinajstić information content (AvgIpc) is 3.41. The van der Waals surface area contributed by atoms with E-state index in [-0.39, 0.29) is 24.4 Å². The molecular weight excluding hydrogens is 628 g/mol. The number of fused-ring (bicyclic) bond motifs is 1. The molecule has 0 aliphatic carbocycles. The molecule has 2 aromatic carbocycles. The quantitative estimate of drug-likeness (QED) is 0.453. The first-order valence-electron chi connectivity index (χ1n) is 17.7. The van der Waals surface area contributed by atoms with Gasteiger partial charge < -0.3 is 29.7 Å². The minimum Gasteiger partial charge on any atom is -0.436 e. The number of nitrogens with zero attached hydrogens (tertiary/aromatic N) is 5. The second-order valence-electron chi connectivity index (χ2n) is 14.1. The number of aryl methyl sites for hydroxylation is 1. The summed E-state index contributed by atoms with van der Waals surface area (Å²) in [4.78, 5) is 51.3. The molecule has 2 aromatic rings. The summed E-state index contributed by atoms with van der Waals surface area (Å²) in [6.45, 7) is 11.2. The standard InChI is InChI=1S/C37H51ClN6O4/c1-26-23-28(24-32(38)27(26)2)25-34(35(45)42-16-10-30(11-17-42)41-15-6-14-40(3)21-22-41)48-37(47)43-18-12-31(13-19-43)44-20-9-29-7-4-5-8-33(29)39-36(44)46/h4-5,7-8,23-24,30-31,34H,6,9-22,25H2,1-3H3,(H,39,46)/t34-/m1/s1. The molecule has 3 fully saturated rings. The fourth-order valence-corrected chi connectivity index (χ4v) is 8.07. The Kier molecular flexibility index (Phi) is 11.1. The van der Waals surface area contributed by atoms with Crippen LogP contribution < -0.4 is 5.32 Å². The van der Waals surface area contributed by atoms with Crippen molar-refractivity contribution in [3.63, 3.8) is 0 Å². The van der Waals surface area contributed by atoms with Crippen LogP contribution in [0.2, 0.25) is 5.02 Å². The number of likely N-dealkylation sites (N-methyl/N-ethyl adjacent to an activating group) is 1. The molecule has 0 spiro atoms. The third-order valence-electron chi connectivity index (χ3n) is 11.0. The van der Waals surface area contributed by atoms with Crippen molar-refractivity contribution in [3.8, 4) is 0 Å². The number of likely N-dealkylation sites (tertiary alicyclic amines) is 2. The zero-order valence-corrected chi connectivity index (χ0v) is 29.5. The van der Waals surface area contributed by atoms with E-state index in [9.17, 15) is 14.4 Å². The van der Waals surface area contributed by atoms with Crippen LogP contribution in [0.5, 0.6) is 0 Å².